The summed E-state index contributed by atoms with van der Waals surface area (Å²) in [4.78, 5) is 36.5. The van der Waals surface area contributed by atoms with Crippen LogP contribution in [0.3, 0.4) is 0 Å². The first-order valence-electron chi connectivity index (χ1n) is 37.4. The molecule has 0 amide bonds. The molecule has 115 heavy (non-hydrogen) atoms. The molecule has 11 nitrogen and oxygen atoms in total. The second kappa shape index (κ2) is 42.2. The molecule has 0 aliphatic carbocycles. The van der Waals surface area contributed by atoms with Crippen LogP contribution in [-0.2, 0) is 29.4 Å². The van der Waals surface area contributed by atoms with E-state index in [1.54, 1.807) is 41.5 Å². The number of fused-ring (bicyclic) bond motifs is 2. The van der Waals surface area contributed by atoms with E-state index in [-0.39, 0.29) is 10.8 Å². The third-order valence-corrected chi connectivity index (χ3v) is 18.6. The smallest absolute Gasteiger partial charge is 0.433 e. The summed E-state index contributed by atoms with van der Waals surface area (Å²) in [6.45, 7) is 50.0. The average Bonchev–Trinajstić information content (AvgIpc) is 0.828. The number of aryl methyl sites for hydroxylation is 18. The summed E-state index contributed by atoms with van der Waals surface area (Å²) in [5.74, 6) is 2.61. The maximum absolute atomic E-state index is 12.0. The van der Waals surface area contributed by atoms with Gasteiger partial charge in [0.25, 0.3) is 0 Å². The molecule has 0 bridgehead atoms. The summed E-state index contributed by atoms with van der Waals surface area (Å²) in [6.07, 6.45) is -6.65. The fourth-order valence-corrected chi connectivity index (χ4v) is 9.92. The lowest BCUT2D eigenvalue weighted by Gasteiger charge is -2.18. The monoisotopic (exact) mass is 1580 g/mol. The molecular weight excluding hydrogens is 1470 g/mol. The molecule has 9 heterocycles. The zero-order chi connectivity index (χ0) is 86.1. The predicted molar refractivity (Wildman–Crippen MR) is 449 cm³/mol. The Balaban J connectivity index is 0.000000234. The summed E-state index contributed by atoms with van der Waals surface area (Å²) >= 11 is 0. The maximum Gasteiger partial charge on any atom is 0.433 e. The SMILES string of the molecule is Cc1cc(Oc2ccccc2)nc(Oc2ccccc2)c1C.Cc1cc2ccccc2nc1C.Cc1ccc(C(C)(C)C)nc1C.Cc1ccc(C(F)(F)F)nc1C.Cc1ccc(C)c(C)n1.Cc1cnc(C(C)(C)C)cc1C.Cc1cnc(C(F)(F)F)cc1C.Cc1cnc(C(F)(F)F)cc1C.Cc1cnc2ccccc2c1C. The van der Waals surface area contributed by atoms with Gasteiger partial charge in [0.15, 0.2) is 0 Å². The number of alkyl halides is 9. The highest BCUT2D eigenvalue weighted by molar-refractivity contribution is 5.82. The molecule has 0 saturated carbocycles. The van der Waals surface area contributed by atoms with Gasteiger partial charge < -0.3 is 9.47 Å². The van der Waals surface area contributed by atoms with E-state index in [1.807, 2.05) is 150 Å². The molecule has 0 atom stereocenters. The van der Waals surface area contributed by atoms with Gasteiger partial charge in [0.05, 0.1) is 11.0 Å². The number of rotatable bonds is 4. The van der Waals surface area contributed by atoms with E-state index in [1.165, 1.54) is 79.6 Å². The largest absolute Gasteiger partial charge is 0.439 e. The fraction of sp³-hybridized carbons (Fsp3) is 0.316. The molecule has 20 heteroatoms. The lowest BCUT2D eigenvalue weighted by atomic mass is 9.90. The third-order valence-electron chi connectivity index (χ3n) is 18.6. The van der Waals surface area contributed by atoms with E-state index < -0.39 is 35.6 Å². The molecule has 13 rings (SSSR count). The van der Waals surface area contributed by atoms with Gasteiger partial charge in [-0.1, -0.05) is 133 Å². The van der Waals surface area contributed by atoms with Crippen LogP contribution < -0.4 is 9.47 Å². The predicted octanol–water partition coefficient (Wildman–Crippen LogP) is 27.1. The topological polar surface area (TPSA) is 134 Å². The Morgan fingerprint density at radius 2 is 0.643 bits per heavy atom. The summed E-state index contributed by atoms with van der Waals surface area (Å²) in [6, 6.07) is 54.8. The minimum absolute atomic E-state index is 0.165. The number of benzene rings is 4. The molecule has 13 aromatic rings. The molecule has 4 aromatic carbocycles. The number of ether oxygens (including phenoxy) is 2. The van der Waals surface area contributed by atoms with E-state index in [2.05, 4.69) is 190 Å². The highest BCUT2D eigenvalue weighted by atomic mass is 19.4. The number of nitrogens with zero attached hydrogens (tertiary/aromatic N) is 9. The molecule has 0 aliphatic heterocycles. The number of hydrogen-bond donors (Lipinski definition) is 0. The second-order valence-electron chi connectivity index (χ2n) is 30.2. The van der Waals surface area contributed by atoms with Gasteiger partial charge in [-0.15, -0.1) is 0 Å². The van der Waals surface area contributed by atoms with Crippen LogP contribution in [0.5, 0.6) is 23.3 Å². The molecule has 0 radical (unpaired) electrons. The maximum atomic E-state index is 12.0. The highest BCUT2D eigenvalue weighted by Gasteiger charge is 2.34. The Hall–Kier alpha value is -11.3. The third kappa shape index (κ3) is 30.9. The zero-order valence-corrected chi connectivity index (χ0v) is 70.8. The number of pyridine rings is 9. The van der Waals surface area contributed by atoms with Crippen LogP contribution in [0.15, 0.2) is 201 Å². The molecule has 0 saturated heterocycles. The van der Waals surface area contributed by atoms with E-state index in [0.717, 1.165) is 91.3 Å². The van der Waals surface area contributed by atoms with Crippen molar-refractivity contribution in [2.45, 2.75) is 202 Å². The van der Waals surface area contributed by atoms with Crippen molar-refractivity contribution in [3.05, 3.63) is 336 Å². The standard InChI is InChI=1S/C19H17NO2.2C11H11N.2C11H17N.3C8H8F3N.C8H11N/c1-14-13-18(21-16-9-5-3-6-10-16)20-19(15(14)2)22-17-11-7-4-8-12-17;1-8-7-12-11-6-4-3-5-10(11)9(8)2;1-8-7-10-5-3-4-6-11(10)12-9(8)2;1-8-6-10(11(3,4)5)12-7-9(8)2;1-8-6-7-10(11(3,4)5)12-9(8)2;2*1-5-3-7(8(9,10)11)12-4-6(5)2;1-5-3-4-7(8(9,10)11)12-6(5)2;1-6-4-5-7(2)9-8(6)3/h3-13H,1-2H3;2*3-7H,1-2H3;2*6-7H,1-5H3;3*3-4H,1-2H3;4-5H,1-3H3. The Labute approximate surface area is 673 Å². The number of halogens is 9. The first kappa shape index (κ1) is 94.3. The van der Waals surface area contributed by atoms with Crippen LogP contribution >= 0.6 is 0 Å². The van der Waals surface area contributed by atoms with Crippen LogP contribution in [0.25, 0.3) is 21.8 Å². The molecule has 608 valence electrons. The number of para-hydroxylation sites is 4. The van der Waals surface area contributed by atoms with Crippen molar-refractivity contribution >= 4 is 21.8 Å². The van der Waals surface area contributed by atoms with Crippen LogP contribution in [0.1, 0.15) is 176 Å². The molecule has 0 fully saturated rings. The van der Waals surface area contributed by atoms with E-state index in [4.69, 9.17) is 9.47 Å². The number of aromatic nitrogens is 9. The summed E-state index contributed by atoms with van der Waals surface area (Å²) in [7, 11) is 0. The van der Waals surface area contributed by atoms with E-state index in [9.17, 15) is 39.5 Å². The summed E-state index contributed by atoms with van der Waals surface area (Å²) < 4.78 is 120. The van der Waals surface area contributed by atoms with Crippen molar-refractivity contribution in [1.29, 1.82) is 0 Å². The zero-order valence-electron chi connectivity index (χ0n) is 70.8. The van der Waals surface area contributed by atoms with E-state index in [0.29, 0.717) is 28.6 Å². The minimum atomic E-state index is -4.33. The summed E-state index contributed by atoms with van der Waals surface area (Å²) in [5.41, 5.74) is 21.8. The molecule has 0 spiro atoms. The van der Waals surface area contributed by atoms with Gasteiger partial charge in [-0.2, -0.15) is 44.5 Å². The first-order chi connectivity index (χ1) is 53.5. The van der Waals surface area contributed by atoms with Crippen molar-refractivity contribution in [3.63, 3.8) is 0 Å². The Morgan fingerprint density at radius 1 is 0.261 bits per heavy atom. The van der Waals surface area contributed by atoms with Gasteiger partial charge in [0.2, 0.25) is 11.8 Å². The molecule has 0 N–H and O–H groups in total. The Kier molecular flexibility index (Phi) is 34.6. The van der Waals surface area contributed by atoms with E-state index >= 15 is 0 Å². The van der Waals surface area contributed by atoms with Crippen LogP contribution in [-0.4, -0.2) is 44.9 Å². The second-order valence-corrected chi connectivity index (χ2v) is 30.2. The summed E-state index contributed by atoms with van der Waals surface area (Å²) in [5, 5.41) is 2.48. The van der Waals surface area contributed by atoms with Gasteiger partial charge in [-0.3, -0.25) is 34.9 Å². The quantitative estimate of drug-likeness (QED) is 0.156. The molecule has 0 unspecified atom stereocenters. The lowest BCUT2D eigenvalue weighted by molar-refractivity contribution is -0.142. The van der Waals surface area contributed by atoms with Crippen molar-refractivity contribution in [2.75, 3.05) is 0 Å². The normalized spacial score (nSPS) is 11.0. The van der Waals surface area contributed by atoms with Crippen molar-refractivity contribution in [2.24, 2.45) is 0 Å². The fourth-order valence-electron chi connectivity index (χ4n) is 9.92. The van der Waals surface area contributed by atoms with Gasteiger partial charge in [0, 0.05) is 97.9 Å². The van der Waals surface area contributed by atoms with Gasteiger partial charge >= 0.3 is 18.5 Å². The van der Waals surface area contributed by atoms with Crippen molar-refractivity contribution in [1.82, 2.24) is 44.9 Å². The Bertz CT molecular complexity index is 4900. The first-order valence-corrected chi connectivity index (χ1v) is 37.4. The van der Waals surface area contributed by atoms with Gasteiger partial charge in [-0.05, 0) is 283 Å². The van der Waals surface area contributed by atoms with Gasteiger partial charge in [0.1, 0.15) is 28.6 Å². The Morgan fingerprint density at radius 3 is 1.09 bits per heavy atom. The van der Waals surface area contributed by atoms with Crippen molar-refractivity contribution in [3.8, 4) is 23.3 Å². The van der Waals surface area contributed by atoms with Crippen LogP contribution in [0.2, 0.25) is 0 Å². The van der Waals surface area contributed by atoms with Crippen LogP contribution in [0.4, 0.5) is 39.5 Å². The highest BCUT2D eigenvalue weighted by Crippen LogP contribution is 2.33. The lowest BCUT2D eigenvalue weighted by Crippen LogP contribution is -2.14. The van der Waals surface area contributed by atoms with Crippen LogP contribution in [0, 0.1) is 132 Å². The molecule has 0 aliphatic rings. The number of hydrogen-bond acceptors (Lipinski definition) is 11. The average molecular weight is 1580 g/mol. The van der Waals surface area contributed by atoms with Gasteiger partial charge in [-0.25, -0.2) is 4.98 Å². The molecule has 9 aromatic heterocycles. The van der Waals surface area contributed by atoms with Crippen molar-refractivity contribution < 1.29 is 49.0 Å². The molecular formula is C95H108F9N9O2. The minimum Gasteiger partial charge on any atom is -0.439 e.